The van der Waals surface area contributed by atoms with Gasteiger partial charge in [0.25, 0.3) is 10.0 Å². The first-order chi connectivity index (χ1) is 18.4. The van der Waals surface area contributed by atoms with Crippen LogP contribution in [0.2, 0.25) is 0 Å². The maximum absolute atomic E-state index is 13.2. The Morgan fingerprint density at radius 2 is 1.71 bits per heavy atom. The Bertz CT molecular complexity index is 1570. The number of nitrogens with one attached hydrogen (secondary N) is 2. The number of carbonyl (C=O) groups excluding carboxylic acids is 1. The van der Waals surface area contributed by atoms with Gasteiger partial charge < -0.3 is 4.98 Å². The fourth-order valence-electron chi connectivity index (χ4n) is 5.81. The number of pyridine rings is 1. The summed E-state index contributed by atoms with van der Waals surface area (Å²) < 4.78 is 28.1. The van der Waals surface area contributed by atoms with E-state index in [1.54, 1.807) is 18.5 Å². The first kappa shape index (κ1) is 24.8. The summed E-state index contributed by atoms with van der Waals surface area (Å²) in [6.45, 7) is 1.90. The molecule has 0 bridgehead atoms. The van der Waals surface area contributed by atoms with E-state index in [-0.39, 0.29) is 16.7 Å². The number of aryl methyl sites for hydroxylation is 1. The standard InChI is InChI=1S/C30H32N4O3S/c1-19-6-14-23(15-7-19)38(36,37)34-30(35)25-5-3-2-4-24(25)21-10-8-20(9-11-21)16-26-27(22-12-13-22)17-31-29-28(26)32-18-33-29/h6-11,14-15,17-18,22,24-25H,2-5,12-13,16H2,1H3,(H,34,35)(H,31,32,33)/t24-,25+/m0/s1. The molecule has 2 aliphatic rings. The van der Waals surface area contributed by atoms with Gasteiger partial charge in [-0.15, -0.1) is 0 Å². The van der Waals surface area contributed by atoms with Gasteiger partial charge in [-0.25, -0.2) is 23.1 Å². The van der Waals surface area contributed by atoms with E-state index in [4.69, 9.17) is 0 Å². The number of sulfonamides is 1. The van der Waals surface area contributed by atoms with Gasteiger partial charge in [-0.2, -0.15) is 0 Å². The highest BCUT2D eigenvalue weighted by molar-refractivity contribution is 7.90. The molecule has 2 aromatic carbocycles. The lowest BCUT2D eigenvalue weighted by molar-refractivity contribution is -0.124. The zero-order valence-electron chi connectivity index (χ0n) is 21.5. The molecular formula is C30H32N4O3S. The number of aromatic amines is 1. The van der Waals surface area contributed by atoms with Crippen molar-refractivity contribution in [3.8, 4) is 0 Å². The molecule has 2 aliphatic carbocycles. The van der Waals surface area contributed by atoms with Gasteiger partial charge in [-0.05, 0) is 85.3 Å². The Kier molecular flexibility index (Phi) is 6.51. The van der Waals surface area contributed by atoms with E-state index in [0.717, 1.165) is 48.0 Å². The number of hydrogen-bond donors (Lipinski definition) is 2. The van der Waals surface area contributed by atoms with Gasteiger partial charge in [-0.1, -0.05) is 54.8 Å². The number of fused-ring (bicyclic) bond motifs is 1. The summed E-state index contributed by atoms with van der Waals surface area (Å²) in [7, 11) is -3.90. The number of rotatable bonds is 7. The van der Waals surface area contributed by atoms with Crippen molar-refractivity contribution in [2.24, 2.45) is 5.92 Å². The largest absolute Gasteiger partial charge is 0.343 e. The summed E-state index contributed by atoms with van der Waals surface area (Å²) in [4.78, 5) is 25.5. The molecule has 196 valence electrons. The van der Waals surface area contributed by atoms with Crippen LogP contribution in [0.3, 0.4) is 0 Å². The van der Waals surface area contributed by atoms with Crippen LogP contribution in [0.4, 0.5) is 0 Å². The van der Waals surface area contributed by atoms with Crippen molar-refractivity contribution < 1.29 is 13.2 Å². The molecule has 2 fully saturated rings. The minimum Gasteiger partial charge on any atom is -0.343 e. The van der Waals surface area contributed by atoms with Crippen LogP contribution >= 0.6 is 0 Å². The highest BCUT2D eigenvalue weighted by Crippen LogP contribution is 2.43. The van der Waals surface area contributed by atoms with Crippen molar-refractivity contribution in [3.05, 3.63) is 88.9 Å². The van der Waals surface area contributed by atoms with Crippen LogP contribution in [0.1, 0.15) is 78.2 Å². The molecule has 8 heteroatoms. The molecule has 2 saturated carbocycles. The summed E-state index contributed by atoms with van der Waals surface area (Å²) >= 11 is 0. The van der Waals surface area contributed by atoms with E-state index in [1.807, 2.05) is 13.1 Å². The summed E-state index contributed by atoms with van der Waals surface area (Å²) in [5, 5.41) is 0. The number of nitrogens with zero attached hydrogens (tertiary/aromatic N) is 2. The summed E-state index contributed by atoms with van der Waals surface area (Å²) in [5.41, 5.74) is 7.58. The topological polar surface area (TPSA) is 105 Å². The van der Waals surface area contributed by atoms with Crippen molar-refractivity contribution in [1.29, 1.82) is 0 Å². The van der Waals surface area contributed by atoms with Crippen molar-refractivity contribution in [2.45, 2.75) is 68.6 Å². The number of H-pyrrole nitrogens is 1. The van der Waals surface area contributed by atoms with Crippen molar-refractivity contribution in [1.82, 2.24) is 19.7 Å². The Morgan fingerprint density at radius 1 is 0.974 bits per heavy atom. The fraction of sp³-hybridized carbons (Fsp3) is 0.367. The molecule has 0 saturated heterocycles. The molecular weight excluding hydrogens is 496 g/mol. The van der Waals surface area contributed by atoms with Crippen molar-refractivity contribution in [3.63, 3.8) is 0 Å². The molecule has 2 heterocycles. The monoisotopic (exact) mass is 528 g/mol. The minimum atomic E-state index is -3.90. The third-order valence-electron chi connectivity index (χ3n) is 8.07. The molecule has 0 spiro atoms. The van der Waals surface area contributed by atoms with Crippen LogP contribution in [-0.2, 0) is 21.2 Å². The van der Waals surface area contributed by atoms with Crippen LogP contribution in [0.25, 0.3) is 11.2 Å². The van der Waals surface area contributed by atoms with E-state index in [1.165, 1.54) is 41.7 Å². The van der Waals surface area contributed by atoms with Gasteiger partial charge in [0.1, 0.15) is 0 Å². The Morgan fingerprint density at radius 3 is 2.45 bits per heavy atom. The minimum absolute atomic E-state index is 0.00622. The Balaban J connectivity index is 1.21. The first-order valence-corrected chi connectivity index (χ1v) is 14.9. The normalized spacial score (nSPS) is 19.9. The summed E-state index contributed by atoms with van der Waals surface area (Å²) in [5.74, 6) is -0.205. The molecule has 38 heavy (non-hydrogen) atoms. The number of aromatic nitrogens is 3. The van der Waals surface area contributed by atoms with Crippen LogP contribution in [0.5, 0.6) is 0 Å². The van der Waals surface area contributed by atoms with Gasteiger partial charge in [-0.3, -0.25) is 4.79 Å². The van der Waals surface area contributed by atoms with E-state index in [0.29, 0.717) is 12.3 Å². The number of amides is 1. The molecule has 7 nitrogen and oxygen atoms in total. The maximum Gasteiger partial charge on any atom is 0.264 e. The molecule has 2 N–H and O–H groups in total. The predicted octanol–water partition coefficient (Wildman–Crippen LogP) is 5.51. The number of imidazole rings is 1. The highest BCUT2D eigenvalue weighted by atomic mass is 32.2. The molecule has 6 rings (SSSR count). The first-order valence-electron chi connectivity index (χ1n) is 13.4. The Labute approximate surface area is 223 Å². The highest BCUT2D eigenvalue weighted by Gasteiger charge is 2.34. The zero-order valence-corrected chi connectivity index (χ0v) is 22.3. The third-order valence-corrected chi connectivity index (χ3v) is 9.43. The molecule has 2 atom stereocenters. The number of hydrogen-bond acceptors (Lipinski definition) is 5. The van der Waals surface area contributed by atoms with Crippen LogP contribution in [0, 0.1) is 12.8 Å². The van der Waals surface area contributed by atoms with Gasteiger partial charge >= 0.3 is 0 Å². The molecule has 1 amide bonds. The Hall–Kier alpha value is -3.52. The van der Waals surface area contributed by atoms with E-state index in [9.17, 15) is 13.2 Å². The van der Waals surface area contributed by atoms with Crippen LogP contribution in [-0.4, -0.2) is 29.3 Å². The molecule has 2 aromatic heterocycles. The van der Waals surface area contributed by atoms with E-state index >= 15 is 0 Å². The van der Waals surface area contributed by atoms with Crippen LogP contribution in [0.15, 0.2) is 66.0 Å². The quantitative estimate of drug-likeness (QED) is 0.329. The maximum atomic E-state index is 13.2. The zero-order chi connectivity index (χ0) is 26.3. The average molecular weight is 529 g/mol. The lowest BCUT2D eigenvalue weighted by Crippen LogP contribution is -2.39. The van der Waals surface area contributed by atoms with Crippen LogP contribution < -0.4 is 4.72 Å². The fourth-order valence-corrected chi connectivity index (χ4v) is 6.84. The van der Waals surface area contributed by atoms with E-state index < -0.39 is 15.9 Å². The van der Waals surface area contributed by atoms with Gasteiger partial charge in [0, 0.05) is 12.1 Å². The van der Waals surface area contributed by atoms with Crippen molar-refractivity contribution in [2.75, 3.05) is 0 Å². The number of carbonyl (C=O) groups is 1. The van der Waals surface area contributed by atoms with E-state index in [2.05, 4.69) is 43.9 Å². The summed E-state index contributed by atoms with van der Waals surface area (Å²) in [6, 6.07) is 15.1. The second kappa shape index (κ2) is 9.98. The lowest BCUT2D eigenvalue weighted by atomic mass is 9.75. The lowest BCUT2D eigenvalue weighted by Gasteiger charge is -2.31. The average Bonchev–Trinajstić information content (AvgIpc) is 3.65. The molecule has 0 aliphatic heterocycles. The molecule has 4 aromatic rings. The second-order valence-electron chi connectivity index (χ2n) is 10.8. The summed E-state index contributed by atoms with van der Waals surface area (Å²) in [6.07, 6.45) is 10.4. The second-order valence-corrected chi connectivity index (χ2v) is 12.4. The smallest absolute Gasteiger partial charge is 0.264 e. The predicted molar refractivity (Wildman–Crippen MR) is 146 cm³/mol. The number of benzene rings is 2. The molecule has 0 unspecified atom stereocenters. The van der Waals surface area contributed by atoms with Gasteiger partial charge in [0.15, 0.2) is 5.65 Å². The van der Waals surface area contributed by atoms with Gasteiger partial charge in [0.05, 0.1) is 16.7 Å². The SMILES string of the molecule is Cc1ccc(S(=O)(=O)NC(=O)[C@@H]2CCCC[C@H]2c2ccc(Cc3c(C4CC4)cnc4nc[nH]c34)cc2)cc1. The van der Waals surface area contributed by atoms with Crippen molar-refractivity contribution >= 4 is 27.1 Å². The van der Waals surface area contributed by atoms with Gasteiger partial charge in [0.2, 0.25) is 5.91 Å². The third kappa shape index (κ3) is 4.97. The molecule has 0 radical (unpaired) electrons.